The Morgan fingerprint density at radius 2 is 1.41 bits per heavy atom. The minimum atomic E-state index is -0.852. The Labute approximate surface area is 247 Å². The molecule has 1 heterocycles. The summed E-state index contributed by atoms with van der Waals surface area (Å²) in [6, 6.07) is 10.6. The van der Waals surface area contributed by atoms with Crippen molar-refractivity contribution < 1.29 is 24.1 Å². The van der Waals surface area contributed by atoms with Crippen molar-refractivity contribution in [3.05, 3.63) is 104 Å². The fourth-order valence-electron chi connectivity index (χ4n) is 3.55. The Kier molecular flexibility index (Phi) is 8.00. The van der Waals surface area contributed by atoms with Gasteiger partial charge < -0.3 is 0 Å². The molecule has 1 aliphatic heterocycles. The lowest BCUT2D eigenvalue weighted by Crippen LogP contribution is -2.51. The number of nitro groups is 1. The number of carbonyl (C=O) groups excluding carboxylic acids is 4. The SMILES string of the molecule is O=C(CN(C(=O)c1ccc(Cl)cc1)N1C(=O)c2c(Br)c(Br)c(Br)c(Br)c2C1=O)c1cccc([N+](=O)[O-])c1. The molecule has 0 atom stereocenters. The maximum Gasteiger partial charge on any atom is 0.282 e. The van der Waals surface area contributed by atoms with E-state index in [1.807, 2.05) is 0 Å². The first-order chi connectivity index (χ1) is 17.4. The van der Waals surface area contributed by atoms with Gasteiger partial charge in [0.15, 0.2) is 5.78 Å². The van der Waals surface area contributed by atoms with Crippen LogP contribution in [-0.4, -0.2) is 45.0 Å². The molecule has 0 radical (unpaired) electrons. The van der Waals surface area contributed by atoms with Crippen LogP contribution in [0.5, 0.6) is 0 Å². The Bertz CT molecular complexity index is 1480. The molecule has 0 fully saturated rings. The molecule has 3 amide bonds. The standard InChI is InChI=1S/C23H10Br4ClN3O6/c24-17-15-16(18(25)20(27)19(17)26)23(35)30(22(15)34)29(21(33)10-4-6-12(28)7-5-10)9-14(32)11-2-1-3-13(8-11)31(36)37/h1-8H,9H2. The van der Waals surface area contributed by atoms with Gasteiger partial charge in [-0.1, -0.05) is 23.7 Å². The molecule has 188 valence electrons. The van der Waals surface area contributed by atoms with Crippen LogP contribution in [0.2, 0.25) is 5.02 Å². The number of carbonyl (C=O) groups is 4. The molecule has 0 bridgehead atoms. The van der Waals surface area contributed by atoms with Gasteiger partial charge >= 0.3 is 0 Å². The number of rotatable bonds is 6. The lowest BCUT2D eigenvalue weighted by atomic mass is 10.1. The van der Waals surface area contributed by atoms with E-state index in [1.165, 1.54) is 42.5 Å². The number of benzene rings is 3. The van der Waals surface area contributed by atoms with Gasteiger partial charge in [0.1, 0.15) is 6.54 Å². The number of Topliss-reactive ketones (excluding diaryl/α,β-unsaturated/α-hetero) is 1. The molecule has 1 aliphatic rings. The second kappa shape index (κ2) is 10.7. The van der Waals surface area contributed by atoms with E-state index in [9.17, 15) is 29.3 Å². The minimum absolute atomic E-state index is 0.0244. The number of amides is 3. The first-order valence-electron chi connectivity index (χ1n) is 10.0. The van der Waals surface area contributed by atoms with Crippen LogP contribution in [0, 0.1) is 10.1 Å². The van der Waals surface area contributed by atoms with E-state index in [1.54, 1.807) is 0 Å². The van der Waals surface area contributed by atoms with Crippen LogP contribution in [-0.2, 0) is 0 Å². The molecule has 37 heavy (non-hydrogen) atoms. The van der Waals surface area contributed by atoms with Crippen LogP contribution < -0.4 is 0 Å². The van der Waals surface area contributed by atoms with Crippen molar-refractivity contribution in [2.45, 2.75) is 0 Å². The fourth-order valence-corrected chi connectivity index (χ4v) is 6.13. The Balaban J connectivity index is 1.81. The van der Waals surface area contributed by atoms with Gasteiger partial charge in [-0.25, -0.2) is 5.01 Å². The molecule has 0 aromatic heterocycles. The van der Waals surface area contributed by atoms with Gasteiger partial charge in [0.05, 0.1) is 16.1 Å². The predicted molar refractivity (Wildman–Crippen MR) is 148 cm³/mol. The fraction of sp³-hybridized carbons (Fsp3) is 0.0435. The van der Waals surface area contributed by atoms with Crippen molar-refractivity contribution >= 4 is 105 Å². The molecular weight excluding hydrogens is 769 g/mol. The second-order valence-corrected chi connectivity index (χ2v) is 11.1. The van der Waals surface area contributed by atoms with E-state index in [0.717, 1.165) is 11.1 Å². The second-order valence-electron chi connectivity index (χ2n) is 7.53. The third kappa shape index (κ3) is 5.02. The molecule has 0 unspecified atom stereocenters. The maximum absolute atomic E-state index is 13.6. The number of hydrogen-bond acceptors (Lipinski definition) is 6. The highest BCUT2D eigenvalue weighted by Gasteiger charge is 2.46. The number of imide groups is 1. The summed E-state index contributed by atoms with van der Waals surface area (Å²) in [5.74, 6) is -3.27. The lowest BCUT2D eigenvalue weighted by Gasteiger charge is -2.29. The normalized spacial score (nSPS) is 12.5. The minimum Gasteiger partial charge on any atom is -0.292 e. The van der Waals surface area contributed by atoms with Crippen LogP contribution in [0.3, 0.4) is 0 Å². The van der Waals surface area contributed by atoms with E-state index in [4.69, 9.17) is 11.6 Å². The van der Waals surface area contributed by atoms with Crippen LogP contribution >= 0.6 is 75.3 Å². The summed E-state index contributed by atoms with van der Waals surface area (Å²) in [6.07, 6.45) is 0. The van der Waals surface area contributed by atoms with E-state index in [-0.39, 0.29) is 36.9 Å². The van der Waals surface area contributed by atoms with Gasteiger partial charge in [0.2, 0.25) is 0 Å². The van der Waals surface area contributed by atoms with Crippen molar-refractivity contribution in [1.82, 2.24) is 10.0 Å². The molecule has 0 saturated heterocycles. The van der Waals surface area contributed by atoms with Gasteiger partial charge in [0.25, 0.3) is 23.4 Å². The zero-order valence-corrected chi connectivity index (χ0v) is 25.1. The molecule has 0 aliphatic carbocycles. The number of halogens is 5. The number of hydrazine groups is 1. The van der Waals surface area contributed by atoms with E-state index in [2.05, 4.69) is 63.7 Å². The van der Waals surface area contributed by atoms with Crippen molar-refractivity contribution in [2.24, 2.45) is 0 Å². The monoisotopic (exact) mass is 775 g/mol. The first kappa shape index (κ1) is 27.6. The quantitative estimate of drug-likeness (QED) is 0.0676. The van der Waals surface area contributed by atoms with Crippen LogP contribution in [0.15, 0.2) is 66.4 Å². The molecule has 3 aromatic rings. The third-order valence-corrected chi connectivity index (χ3v) is 10.3. The number of ketones is 1. The zero-order chi connectivity index (χ0) is 27.2. The summed E-state index contributed by atoms with van der Waals surface area (Å²) in [6.45, 7) is -0.758. The Morgan fingerprint density at radius 1 is 0.865 bits per heavy atom. The highest BCUT2D eigenvalue weighted by Crippen LogP contribution is 2.45. The van der Waals surface area contributed by atoms with Crippen molar-refractivity contribution in [2.75, 3.05) is 6.54 Å². The number of nitro benzene ring substituents is 1. The average Bonchev–Trinajstić information content (AvgIpc) is 3.14. The maximum atomic E-state index is 13.6. The highest BCUT2D eigenvalue weighted by molar-refractivity contribution is 9.15. The van der Waals surface area contributed by atoms with Crippen LogP contribution in [0.4, 0.5) is 5.69 Å². The predicted octanol–water partition coefficient (Wildman–Crippen LogP) is 6.83. The summed E-state index contributed by atoms with van der Waals surface area (Å²) in [7, 11) is 0. The zero-order valence-electron chi connectivity index (χ0n) is 18.0. The van der Waals surface area contributed by atoms with Crippen LogP contribution in [0.1, 0.15) is 41.4 Å². The Morgan fingerprint density at radius 3 is 1.92 bits per heavy atom. The topological polar surface area (TPSA) is 118 Å². The molecular formula is C23H10Br4ClN3O6. The molecule has 0 spiro atoms. The van der Waals surface area contributed by atoms with Crippen molar-refractivity contribution in [3.8, 4) is 0 Å². The average molecular weight is 779 g/mol. The number of fused-ring (bicyclic) bond motifs is 1. The van der Waals surface area contributed by atoms with E-state index < -0.39 is 35.0 Å². The van der Waals surface area contributed by atoms with Gasteiger partial charge in [-0.3, -0.25) is 29.3 Å². The summed E-state index contributed by atoms with van der Waals surface area (Å²) < 4.78 is 1.43. The number of nitrogens with zero attached hydrogens (tertiary/aromatic N) is 3. The van der Waals surface area contributed by atoms with Crippen molar-refractivity contribution in [1.29, 1.82) is 0 Å². The molecule has 4 rings (SSSR count). The third-order valence-electron chi connectivity index (χ3n) is 5.32. The van der Waals surface area contributed by atoms with Crippen molar-refractivity contribution in [3.63, 3.8) is 0 Å². The summed E-state index contributed by atoms with van der Waals surface area (Å²) in [5.41, 5.74) is -0.405. The van der Waals surface area contributed by atoms with Gasteiger partial charge in [-0.05, 0) is 88.0 Å². The van der Waals surface area contributed by atoms with Gasteiger partial charge in [0, 0.05) is 46.2 Å². The summed E-state index contributed by atoms with van der Waals surface area (Å²) in [5, 5.41) is 12.8. The van der Waals surface area contributed by atoms with E-state index >= 15 is 0 Å². The largest absolute Gasteiger partial charge is 0.292 e. The van der Waals surface area contributed by atoms with Crippen LogP contribution in [0.25, 0.3) is 0 Å². The first-order valence-corrected chi connectivity index (χ1v) is 13.6. The molecule has 0 N–H and O–H groups in total. The smallest absolute Gasteiger partial charge is 0.282 e. The molecule has 3 aromatic carbocycles. The Hall–Kier alpha value is -2.45. The molecule has 0 saturated carbocycles. The van der Waals surface area contributed by atoms with Gasteiger partial charge in [-0.15, -0.1) is 0 Å². The highest BCUT2D eigenvalue weighted by atomic mass is 79.9. The lowest BCUT2D eigenvalue weighted by molar-refractivity contribution is -0.384. The summed E-state index contributed by atoms with van der Waals surface area (Å²) in [4.78, 5) is 64.3. The van der Waals surface area contributed by atoms with Gasteiger partial charge in [-0.2, -0.15) is 5.01 Å². The summed E-state index contributed by atoms with van der Waals surface area (Å²) >= 11 is 19.2. The molecule has 9 nitrogen and oxygen atoms in total. The molecule has 14 heteroatoms. The number of hydrogen-bond donors (Lipinski definition) is 0. The van der Waals surface area contributed by atoms with E-state index in [0.29, 0.717) is 19.0 Å². The number of non-ortho nitro benzene ring substituents is 1.